The normalized spacial score (nSPS) is 24.4. The van der Waals surface area contributed by atoms with Gasteiger partial charge in [-0.25, -0.2) is 14.3 Å². The maximum Gasteiger partial charge on any atom is 0.397 e. The number of imide groups is 1. The molecular weight excluding hydrogens is 360 g/mol. The number of nitrogens with two attached hydrogens (primary N) is 1. The van der Waals surface area contributed by atoms with Crippen LogP contribution in [0.4, 0.5) is 10.5 Å². The van der Waals surface area contributed by atoms with Crippen LogP contribution in [-0.2, 0) is 9.59 Å². The number of fused-ring (bicyclic) bond motifs is 2. The topological polar surface area (TPSA) is 102 Å². The van der Waals surface area contributed by atoms with Gasteiger partial charge in [-0.1, -0.05) is 24.0 Å². The molecule has 1 fully saturated rings. The molecule has 3 aliphatic rings. The highest BCUT2D eigenvalue weighted by atomic mass is 16.2. The van der Waals surface area contributed by atoms with Crippen molar-refractivity contribution in [3.63, 3.8) is 0 Å². The Morgan fingerprint density at radius 2 is 2.11 bits per heavy atom. The monoisotopic (exact) mass is 383 g/mol. The summed E-state index contributed by atoms with van der Waals surface area (Å²) in [5.74, 6) is 0.120. The molecule has 9 heteroatoms. The molecule has 2 unspecified atom stereocenters. The van der Waals surface area contributed by atoms with Gasteiger partial charge in [0.05, 0.1) is 13.1 Å². The zero-order valence-electron chi connectivity index (χ0n) is 16.1. The van der Waals surface area contributed by atoms with Gasteiger partial charge >= 0.3 is 12.0 Å². The van der Waals surface area contributed by atoms with Gasteiger partial charge in [-0.05, 0) is 24.6 Å². The Morgan fingerprint density at radius 1 is 1.36 bits per heavy atom. The van der Waals surface area contributed by atoms with Crippen LogP contribution in [0.25, 0.3) is 0 Å². The highest BCUT2D eigenvalue weighted by Gasteiger charge is 2.55. The Labute approximate surface area is 162 Å². The summed E-state index contributed by atoms with van der Waals surface area (Å²) >= 11 is 0. The molecule has 4 rings (SSSR count). The van der Waals surface area contributed by atoms with E-state index >= 15 is 0 Å². The van der Waals surface area contributed by atoms with E-state index in [1.807, 2.05) is 29.7 Å². The molecular formula is C19H23N6O3+. The van der Waals surface area contributed by atoms with Crippen LogP contribution in [0.5, 0.6) is 0 Å². The van der Waals surface area contributed by atoms with Crippen LogP contribution in [0.3, 0.4) is 0 Å². The average Bonchev–Trinajstić information content (AvgIpc) is 3.02. The van der Waals surface area contributed by atoms with Crippen molar-refractivity contribution >= 4 is 35.3 Å². The molecule has 0 radical (unpaired) electrons. The highest BCUT2D eigenvalue weighted by molar-refractivity contribution is 6.24. The second-order valence-electron chi connectivity index (χ2n) is 7.61. The summed E-state index contributed by atoms with van der Waals surface area (Å²) in [4.78, 5) is 46.0. The Hall–Kier alpha value is -3.23. The van der Waals surface area contributed by atoms with E-state index in [4.69, 9.17) is 5.73 Å². The Balaban J connectivity index is 1.79. The van der Waals surface area contributed by atoms with Gasteiger partial charge < -0.3 is 5.73 Å². The predicted octanol–water partition coefficient (Wildman–Crippen LogP) is -0.0204. The van der Waals surface area contributed by atoms with E-state index < -0.39 is 30.4 Å². The number of carbonyl (C=O) groups excluding carboxylic acids is 3. The summed E-state index contributed by atoms with van der Waals surface area (Å²) in [7, 11) is 1.56. The predicted molar refractivity (Wildman–Crippen MR) is 103 cm³/mol. The van der Waals surface area contributed by atoms with E-state index in [0.29, 0.717) is 18.3 Å². The number of urea groups is 1. The molecule has 28 heavy (non-hydrogen) atoms. The van der Waals surface area contributed by atoms with Gasteiger partial charge in [-0.3, -0.25) is 19.4 Å². The molecule has 0 bridgehead atoms. The molecule has 3 heterocycles. The van der Waals surface area contributed by atoms with Gasteiger partial charge in [0.15, 0.2) is 0 Å². The minimum absolute atomic E-state index is 0.277. The van der Waals surface area contributed by atoms with Crippen molar-refractivity contribution in [2.45, 2.75) is 19.9 Å². The van der Waals surface area contributed by atoms with E-state index in [1.54, 1.807) is 7.05 Å². The fraction of sp³-hybridized carbons (Fsp3) is 0.421. The first kappa shape index (κ1) is 18.1. The molecule has 1 aromatic carbocycles. The molecule has 0 aliphatic carbocycles. The van der Waals surface area contributed by atoms with Gasteiger partial charge in [0.25, 0.3) is 5.91 Å². The third-order valence-corrected chi connectivity index (χ3v) is 5.26. The smallest absolute Gasteiger partial charge is 0.368 e. The number of primary amides is 1. The van der Waals surface area contributed by atoms with Crippen molar-refractivity contribution in [2.75, 3.05) is 31.6 Å². The number of nitrogens with zero attached hydrogens (tertiary/aromatic N) is 5. The quantitative estimate of drug-likeness (QED) is 0.741. The first-order chi connectivity index (χ1) is 13.3. The van der Waals surface area contributed by atoms with E-state index in [1.165, 1.54) is 4.90 Å². The van der Waals surface area contributed by atoms with Crippen molar-refractivity contribution in [1.29, 1.82) is 0 Å². The van der Waals surface area contributed by atoms with Crippen LogP contribution in [0.15, 0.2) is 29.3 Å². The maximum absolute atomic E-state index is 13.1. The zero-order valence-corrected chi connectivity index (χ0v) is 16.1. The second kappa shape index (κ2) is 6.43. The average molecular weight is 383 g/mol. The van der Waals surface area contributed by atoms with Gasteiger partial charge in [-0.2, -0.15) is 0 Å². The molecule has 0 spiro atoms. The Bertz CT molecular complexity index is 953. The molecule has 1 saturated heterocycles. The number of likely N-dealkylation sites (N-methyl/N-ethyl adjacent to an activating group) is 1. The lowest BCUT2D eigenvalue weighted by Gasteiger charge is -2.35. The van der Waals surface area contributed by atoms with Crippen LogP contribution in [0, 0.1) is 12.8 Å². The highest BCUT2D eigenvalue weighted by Crippen LogP contribution is 2.28. The van der Waals surface area contributed by atoms with Crippen molar-refractivity contribution in [3.05, 3.63) is 29.8 Å². The lowest BCUT2D eigenvalue weighted by atomic mass is 10.1. The van der Waals surface area contributed by atoms with Crippen LogP contribution in [-0.4, -0.2) is 76.7 Å². The summed E-state index contributed by atoms with van der Waals surface area (Å²) in [5, 5.41) is 0. The summed E-state index contributed by atoms with van der Waals surface area (Å²) in [6.07, 6.45) is 0. The molecule has 3 aliphatic heterocycles. The van der Waals surface area contributed by atoms with E-state index in [-0.39, 0.29) is 5.92 Å². The molecule has 0 saturated carbocycles. The maximum atomic E-state index is 13.1. The minimum Gasteiger partial charge on any atom is -0.368 e. The third-order valence-electron chi connectivity index (χ3n) is 5.26. The van der Waals surface area contributed by atoms with Crippen molar-refractivity contribution in [3.8, 4) is 0 Å². The van der Waals surface area contributed by atoms with E-state index in [2.05, 4.69) is 22.9 Å². The summed E-state index contributed by atoms with van der Waals surface area (Å²) in [5.41, 5.74) is 7.35. The van der Waals surface area contributed by atoms with Gasteiger partial charge in [0.2, 0.25) is 17.8 Å². The number of hydrogen-bond donors (Lipinski definition) is 1. The van der Waals surface area contributed by atoms with Crippen LogP contribution >= 0.6 is 0 Å². The van der Waals surface area contributed by atoms with Crippen molar-refractivity contribution in [1.82, 2.24) is 9.80 Å². The molecule has 2 N–H and O–H groups in total. The first-order valence-electron chi connectivity index (χ1n) is 9.21. The zero-order chi connectivity index (χ0) is 20.2. The minimum atomic E-state index is -0.730. The third kappa shape index (κ3) is 2.74. The molecule has 4 amide bonds. The molecule has 9 nitrogen and oxygen atoms in total. The lowest BCUT2D eigenvalue weighted by molar-refractivity contribution is -0.545. The number of hydrogen-bond acceptors (Lipinski definition) is 5. The van der Waals surface area contributed by atoms with Crippen molar-refractivity contribution < 1.29 is 19.0 Å². The second-order valence-corrected chi connectivity index (χ2v) is 7.61. The fourth-order valence-corrected chi connectivity index (χ4v) is 4.01. The largest absolute Gasteiger partial charge is 0.397 e. The summed E-state index contributed by atoms with van der Waals surface area (Å²) in [6.45, 7) is 5.09. The number of guanidine groups is 1. The number of aliphatic imine (C=N–C) groups is 1. The van der Waals surface area contributed by atoms with Gasteiger partial charge in [0, 0.05) is 13.0 Å². The molecule has 1 aromatic rings. The number of amidine groups is 1. The SMILES string of the molecule is Cc1cccc(N2CC(C)C[N+]3=C2N=C2C3C(=O)N(CC(N)=O)C(=O)N2C)c1. The number of aryl methyl sites for hydroxylation is 1. The summed E-state index contributed by atoms with van der Waals surface area (Å²) in [6, 6.07) is 6.77. The molecule has 146 valence electrons. The van der Waals surface area contributed by atoms with Crippen LogP contribution < -0.4 is 10.6 Å². The lowest BCUT2D eigenvalue weighted by Crippen LogP contribution is -2.64. The number of carbonyl (C=O) groups is 3. The fourth-order valence-electron chi connectivity index (χ4n) is 4.01. The van der Waals surface area contributed by atoms with Crippen LogP contribution in [0.2, 0.25) is 0 Å². The van der Waals surface area contributed by atoms with Gasteiger partial charge in [-0.15, -0.1) is 0 Å². The standard InChI is InChI=1S/C19H22N6O3/c1-11-5-4-6-13(7-11)23-8-12(2)9-24-15-16(21-18(23)24)22(3)19(28)25(17(15)27)10-14(20)26/h4-7,12,15H,8-10H2,1-3H3,(H-,20,26)/p+1. The van der Waals surface area contributed by atoms with E-state index in [9.17, 15) is 14.4 Å². The van der Waals surface area contributed by atoms with E-state index in [0.717, 1.165) is 22.7 Å². The molecule has 2 atom stereocenters. The number of rotatable bonds is 3. The molecule has 0 aromatic heterocycles. The number of amides is 4. The van der Waals surface area contributed by atoms with Crippen molar-refractivity contribution in [2.24, 2.45) is 16.6 Å². The summed E-state index contributed by atoms with van der Waals surface area (Å²) < 4.78 is 1.92. The van der Waals surface area contributed by atoms with Crippen LogP contribution in [0.1, 0.15) is 12.5 Å². The Morgan fingerprint density at radius 3 is 2.79 bits per heavy atom. The first-order valence-corrected chi connectivity index (χ1v) is 9.21. The van der Waals surface area contributed by atoms with Gasteiger partial charge in [0.1, 0.15) is 12.2 Å². The Kier molecular flexibility index (Phi) is 4.17. The number of benzene rings is 1. The number of anilines is 1.